The largest absolute Gasteiger partial charge is 0.355 e. The number of hydrogen-bond donors (Lipinski definition) is 1. The predicted molar refractivity (Wildman–Crippen MR) is 90.3 cm³/mol. The van der Waals surface area contributed by atoms with Crippen LogP contribution >= 0.6 is 0 Å². The molecule has 1 heterocycles. The monoisotopic (exact) mass is 271 g/mol. The minimum absolute atomic E-state index is 1.01. The Morgan fingerprint density at radius 1 is 0.810 bits per heavy atom. The van der Waals surface area contributed by atoms with Gasteiger partial charge >= 0.3 is 0 Å². The minimum Gasteiger partial charge on any atom is -0.355 e. The van der Waals surface area contributed by atoms with Gasteiger partial charge in [-0.25, -0.2) is 0 Å². The highest BCUT2D eigenvalue weighted by atomic mass is 14.9. The van der Waals surface area contributed by atoms with Crippen molar-refractivity contribution in [3.8, 4) is 0 Å². The van der Waals surface area contributed by atoms with Crippen molar-refractivity contribution in [1.82, 2.24) is 0 Å². The second-order valence-corrected chi connectivity index (χ2v) is 5.64. The summed E-state index contributed by atoms with van der Waals surface area (Å²) in [6.45, 7) is 2.22. The minimum atomic E-state index is 1.01. The van der Waals surface area contributed by atoms with Crippen LogP contribution in [0.15, 0.2) is 72.3 Å². The second-order valence-electron chi connectivity index (χ2n) is 5.64. The smallest absolute Gasteiger partial charge is 0.0450 e. The van der Waals surface area contributed by atoms with Crippen molar-refractivity contribution in [2.75, 3.05) is 5.32 Å². The zero-order chi connectivity index (χ0) is 14.2. The normalized spacial score (nSPS) is 14.0. The Kier molecular flexibility index (Phi) is 2.78. The summed E-state index contributed by atoms with van der Waals surface area (Å²) < 4.78 is 0. The molecular formula is C20H17N. The molecule has 102 valence electrons. The maximum absolute atomic E-state index is 3.63. The molecule has 1 heteroatoms. The van der Waals surface area contributed by atoms with E-state index in [2.05, 4.69) is 79.0 Å². The van der Waals surface area contributed by atoms with E-state index >= 15 is 0 Å². The average Bonchev–Trinajstić information content (AvgIpc) is 2.55. The van der Waals surface area contributed by atoms with Crippen LogP contribution in [0.1, 0.15) is 18.1 Å². The highest BCUT2D eigenvalue weighted by Crippen LogP contribution is 2.36. The van der Waals surface area contributed by atoms with Gasteiger partial charge in [-0.1, -0.05) is 60.7 Å². The molecule has 0 aromatic heterocycles. The van der Waals surface area contributed by atoms with Gasteiger partial charge in [0, 0.05) is 11.4 Å². The molecule has 0 saturated heterocycles. The van der Waals surface area contributed by atoms with Crippen LogP contribution in [0.3, 0.4) is 0 Å². The van der Waals surface area contributed by atoms with Gasteiger partial charge in [0.1, 0.15) is 0 Å². The van der Waals surface area contributed by atoms with Crippen molar-refractivity contribution in [1.29, 1.82) is 0 Å². The van der Waals surface area contributed by atoms with E-state index in [0.717, 1.165) is 6.42 Å². The summed E-state index contributed by atoms with van der Waals surface area (Å²) in [7, 11) is 0. The Morgan fingerprint density at radius 2 is 1.57 bits per heavy atom. The molecule has 0 amide bonds. The van der Waals surface area contributed by atoms with Gasteiger partial charge in [-0.3, -0.25) is 0 Å². The van der Waals surface area contributed by atoms with Gasteiger partial charge in [0.05, 0.1) is 0 Å². The fourth-order valence-corrected chi connectivity index (χ4v) is 3.16. The third-order valence-corrected chi connectivity index (χ3v) is 4.23. The lowest BCUT2D eigenvalue weighted by molar-refractivity contribution is 1.13. The summed E-state index contributed by atoms with van der Waals surface area (Å²) in [4.78, 5) is 0. The van der Waals surface area contributed by atoms with E-state index < -0.39 is 0 Å². The van der Waals surface area contributed by atoms with E-state index in [1.165, 1.54) is 38.9 Å². The number of benzene rings is 3. The van der Waals surface area contributed by atoms with Crippen molar-refractivity contribution >= 4 is 22.2 Å². The van der Waals surface area contributed by atoms with Crippen LogP contribution in [0.2, 0.25) is 0 Å². The molecule has 4 rings (SSSR count). The van der Waals surface area contributed by atoms with Crippen LogP contribution in [0.25, 0.3) is 16.5 Å². The van der Waals surface area contributed by atoms with Crippen molar-refractivity contribution in [3.05, 3.63) is 83.4 Å². The molecule has 21 heavy (non-hydrogen) atoms. The van der Waals surface area contributed by atoms with Crippen LogP contribution in [0.5, 0.6) is 0 Å². The molecule has 1 nitrogen and oxygen atoms in total. The van der Waals surface area contributed by atoms with Gasteiger partial charge in [-0.15, -0.1) is 0 Å². The maximum atomic E-state index is 3.63. The summed E-state index contributed by atoms with van der Waals surface area (Å²) >= 11 is 0. The molecule has 0 unspecified atom stereocenters. The van der Waals surface area contributed by atoms with Gasteiger partial charge in [0.25, 0.3) is 0 Å². The lowest BCUT2D eigenvalue weighted by Crippen LogP contribution is -2.11. The van der Waals surface area contributed by atoms with Crippen molar-refractivity contribution in [2.45, 2.75) is 13.3 Å². The predicted octanol–water partition coefficient (Wildman–Crippen LogP) is 5.24. The van der Waals surface area contributed by atoms with Gasteiger partial charge < -0.3 is 5.32 Å². The van der Waals surface area contributed by atoms with E-state index in [-0.39, 0.29) is 0 Å². The lowest BCUT2D eigenvalue weighted by atomic mass is 9.91. The second kappa shape index (κ2) is 4.78. The van der Waals surface area contributed by atoms with Crippen molar-refractivity contribution < 1.29 is 0 Å². The third-order valence-electron chi connectivity index (χ3n) is 4.23. The Labute approximate surface area is 124 Å². The summed E-state index contributed by atoms with van der Waals surface area (Å²) in [5.74, 6) is 0. The van der Waals surface area contributed by atoms with E-state index in [0.29, 0.717) is 0 Å². The van der Waals surface area contributed by atoms with Gasteiger partial charge in [-0.2, -0.15) is 0 Å². The molecule has 0 atom stereocenters. The fraction of sp³-hybridized carbons (Fsp3) is 0.100. The van der Waals surface area contributed by atoms with E-state index in [1.807, 2.05) is 0 Å². The first-order valence-corrected chi connectivity index (χ1v) is 7.36. The fourth-order valence-electron chi connectivity index (χ4n) is 3.16. The van der Waals surface area contributed by atoms with E-state index in [9.17, 15) is 0 Å². The molecule has 1 aliphatic rings. The first kappa shape index (κ1) is 12.2. The first-order chi connectivity index (χ1) is 10.3. The van der Waals surface area contributed by atoms with Crippen LogP contribution in [-0.4, -0.2) is 0 Å². The summed E-state index contributed by atoms with van der Waals surface area (Å²) in [6.07, 6.45) is 1.01. The molecule has 0 saturated carbocycles. The van der Waals surface area contributed by atoms with Crippen molar-refractivity contribution in [2.24, 2.45) is 0 Å². The molecule has 1 N–H and O–H groups in total. The van der Waals surface area contributed by atoms with Gasteiger partial charge in [0.15, 0.2) is 0 Å². The number of rotatable bonds is 1. The highest BCUT2D eigenvalue weighted by Gasteiger charge is 2.17. The molecule has 0 radical (unpaired) electrons. The lowest BCUT2D eigenvalue weighted by Gasteiger charge is -2.25. The highest BCUT2D eigenvalue weighted by molar-refractivity contribution is 5.95. The van der Waals surface area contributed by atoms with E-state index in [4.69, 9.17) is 0 Å². The molecular weight excluding hydrogens is 254 g/mol. The van der Waals surface area contributed by atoms with Crippen LogP contribution in [-0.2, 0) is 6.42 Å². The molecule has 3 aromatic rings. The molecule has 0 aliphatic carbocycles. The average molecular weight is 271 g/mol. The first-order valence-electron chi connectivity index (χ1n) is 7.36. The Balaban J connectivity index is 1.86. The van der Waals surface area contributed by atoms with E-state index in [1.54, 1.807) is 0 Å². The Hall–Kier alpha value is -2.54. The third kappa shape index (κ3) is 2.02. The molecule has 0 fully saturated rings. The molecule has 0 spiro atoms. The quantitative estimate of drug-likeness (QED) is 0.638. The summed E-state index contributed by atoms with van der Waals surface area (Å²) in [5.41, 5.74) is 6.54. The zero-order valence-corrected chi connectivity index (χ0v) is 12.1. The van der Waals surface area contributed by atoms with Crippen LogP contribution in [0, 0.1) is 0 Å². The number of hydrogen-bond acceptors (Lipinski definition) is 1. The zero-order valence-electron chi connectivity index (χ0n) is 12.1. The number of anilines is 1. The topological polar surface area (TPSA) is 12.0 Å². The SMILES string of the molecule is CC1=C(c2ccccc2)Nc2ccc3ccccc3c2C1. The number of fused-ring (bicyclic) bond motifs is 3. The van der Waals surface area contributed by atoms with Gasteiger partial charge in [-0.05, 0) is 46.9 Å². The maximum Gasteiger partial charge on any atom is 0.0450 e. The molecule has 1 aliphatic heterocycles. The van der Waals surface area contributed by atoms with Crippen LogP contribution < -0.4 is 5.32 Å². The van der Waals surface area contributed by atoms with Crippen molar-refractivity contribution in [3.63, 3.8) is 0 Å². The molecule has 3 aromatic carbocycles. The number of nitrogens with one attached hydrogen (secondary N) is 1. The summed E-state index contributed by atoms with van der Waals surface area (Å²) in [6, 6.07) is 23.6. The summed E-state index contributed by atoms with van der Waals surface area (Å²) in [5, 5.41) is 6.30. The van der Waals surface area contributed by atoms with Gasteiger partial charge in [0.2, 0.25) is 0 Å². The Bertz CT molecular complexity index is 844. The number of allylic oxidation sites excluding steroid dienone is 1. The standard InChI is InChI=1S/C20H17N/c1-14-13-18-17-10-6-5-7-15(17)11-12-19(18)21-20(14)16-8-3-2-4-9-16/h2-12,21H,13H2,1H3. The molecule has 0 bridgehead atoms. The Morgan fingerprint density at radius 3 is 2.43 bits per heavy atom. The van der Waals surface area contributed by atoms with Crippen LogP contribution in [0.4, 0.5) is 5.69 Å².